The van der Waals surface area contributed by atoms with Crippen LogP contribution in [0, 0.1) is 0 Å². The van der Waals surface area contributed by atoms with Crippen LogP contribution in [0.5, 0.6) is 5.75 Å². The molecule has 0 spiro atoms. The van der Waals surface area contributed by atoms with Crippen molar-refractivity contribution >= 4 is 28.6 Å². The fraction of sp³-hybridized carbons (Fsp3) is 0.381. The highest BCUT2D eigenvalue weighted by molar-refractivity contribution is 7.89. The van der Waals surface area contributed by atoms with Crippen molar-refractivity contribution in [1.29, 1.82) is 0 Å². The van der Waals surface area contributed by atoms with E-state index in [9.17, 15) is 13.2 Å². The number of amides is 1. The van der Waals surface area contributed by atoms with Gasteiger partial charge in [-0.1, -0.05) is 31.5 Å². The third kappa shape index (κ3) is 7.02. The van der Waals surface area contributed by atoms with Gasteiger partial charge in [-0.25, -0.2) is 13.9 Å². The summed E-state index contributed by atoms with van der Waals surface area (Å²) in [6.07, 6.45) is 2.22. The molecule has 0 atom stereocenters. The molecule has 9 heteroatoms. The van der Waals surface area contributed by atoms with Crippen LogP contribution in [-0.4, -0.2) is 43.5 Å². The first-order chi connectivity index (χ1) is 14.4. The van der Waals surface area contributed by atoms with Crippen LogP contribution >= 0.6 is 12.6 Å². The standard InChI is InChI=1S/C21H28N2O5S2/c1-2-3-16-28-18-8-10-19(11-9-18)30(26,27)23(15-13-21(24)22-25)14-12-17-6-4-5-7-20(17)29/h4-11,25,29H,2-3,12-16H2,1H3,(H,22,24). The normalized spacial score (nSPS) is 11.5. The predicted octanol–water partition coefficient (Wildman–Crippen LogP) is 3.28. The molecule has 0 radical (unpaired) electrons. The second-order valence-corrected chi connectivity index (χ2v) is 9.16. The van der Waals surface area contributed by atoms with E-state index in [2.05, 4.69) is 19.6 Å². The first-order valence-electron chi connectivity index (χ1n) is 9.81. The number of sulfonamides is 1. The van der Waals surface area contributed by atoms with Crippen molar-refractivity contribution in [3.63, 3.8) is 0 Å². The minimum atomic E-state index is -3.84. The van der Waals surface area contributed by atoms with Crippen LogP contribution in [-0.2, 0) is 21.2 Å². The molecule has 0 fully saturated rings. The number of hydrogen-bond acceptors (Lipinski definition) is 6. The first-order valence-corrected chi connectivity index (χ1v) is 11.7. The Balaban J connectivity index is 2.17. The van der Waals surface area contributed by atoms with Gasteiger partial charge in [0.1, 0.15) is 5.75 Å². The largest absolute Gasteiger partial charge is 0.494 e. The molecule has 0 saturated heterocycles. The van der Waals surface area contributed by atoms with Gasteiger partial charge in [-0.3, -0.25) is 10.0 Å². The fourth-order valence-electron chi connectivity index (χ4n) is 2.79. The summed E-state index contributed by atoms with van der Waals surface area (Å²) in [4.78, 5) is 12.4. The Morgan fingerprint density at radius 1 is 1.13 bits per heavy atom. The number of carbonyl (C=O) groups excluding carboxylic acids is 1. The van der Waals surface area contributed by atoms with Gasteiger partial charge in [0.15, 0.2) is 0 Å². The van der Waals surface area contributed by atoms with E-state index in [1.807, 2.05) is 24.3 Å². The number of hydroxylamine groups is 1. The summed E-state index contributed by atoms with van der Waals surface area (Å²) in [5, 5.41) is 8.74. The second kappa shape index (κ2) is 11.9. The molecule has 0 aromatic heterocycles. The Kier molecular flexibility index (Phi) is 9.64. The van der Waals surface area contributed by atoms with Crippen LogP contribution < -0.4 is 10.2 Å². The van der Waals surface area contributed by atoms with Crippen molar-refractivity contribution in [2.45, 2.75) is 42.4 Å². The summed E-state index contributed by atoms with van der Waals surface area (Å²) in [5.74, 6) is -0.0397. The molecule has 2 N–H and O–H groups in total. The molecule has 0 bridgehead atoms. The van der Waals surface area contributed by atoms with E-state index in [4.69, 9.17) is 9.94 Å². The van der Waals surface area contributed by atoms with Gasteiger partial charge in [0, 0.05) is 24.4 Å². The highest BCUT2D eigenvalue weighted by Gasteiger charge is 2.25. The van der Waals surface area contributed by atoms with Gasteiger partial charge in [0.05, 0.1) is 11.5 Å². The average molecular weight is 453 g/mol. The average Bonchev–Trinajstić information content (AvgIpc) is 2.75. The van der Waals surface area contributed by atoms with E-state index in [0.29, 0.717) is 18.8 Å². The van der Waals surface area contributed by atoms with Crippen molar-refractivity contribution in [2.24, 2.45) is 0 Å². The lowest BCUT2D eigenvalue weighted by Gasteiger charge is -2.22. The summed E-state index contributed by atoms with van der Waals surface area (Å²) in [7, 11) is -3.84. The van der Waals surface area contributed by atoms with Gasteiger partial charge in [0.2, 0.25) is 15.9 Å². The number of rotatable bonds is 12. The highest BCUT2D eigenvalue weighted by Crippen LogP contribution is 2.22. The molecule has 2 aromatic rings. The van der Waals surface area contributed by atoms with Gasteiger partial charge in [0.25, 0.3) is 0 Å². The molecule has 7 nitrogen and oxygen atoms in total. The van der Waals surface area contributed by atoms with E-state index in [0.717, 1.165) is 23.3 Å². The summed E-state index contributed by atoms with van der Waals surface area (Å²) in [6, 6.07) is 13.7. The Hall–Kier alpha value is -2.07. The molecule has 164 valence electrons. The number of benzene rings is 2. The predicted molar refractivity (Wildman–Crippen MR) is 118 cm³/mol. The first kappa shape index (κ1) is 24.2. The van der Waals surface area contributed by atoms with Crippen molar-refractivity contribution in [3.8, 4) is 5.75 Å². The SMILES string of the molecule is CCCCOc1ccc(S(=O)(=O)N(CCC(=O)NO)CCc2ccccc2S)cc1. The van der Waals surface area contributed by atoms with Gasteiger partial charge in [-0.05, 0) is 48.7 Å². The molecule has 0 aliphatic heterocycles. The number of carbonyl (C=O) groups is 1. The minimum absolute atomic E-state index is 0.0573. The molecule has 1 amide bonds. The molecule has 0 aliphatic carbocycles. The summed E-state index contributed by atoms with van der Waals surface area (Å²) in [5.41, 5.74) is 2.45. The number of nitrogens with one attached hydrogen (secondary N) is 1. The number of ether oxygens (including phenoxy) is 1. The van der Waals surface area contributed by atoms with Crippen LogP contribution in [0.25, 0.3) is 0 Å². The van der Waals surface area contributed by atoms with Crippen LogP contribution in [0.3, 0.4) is 0 Å². The maximum atomic E-state index is 13.2. The minimum Gasteiger partial charge on any atom is -0.494 e. The Labute approximate surface area is 183 Å². The maximum absolute atomic E-state index is 13.2. The number of thiol groups is 1. The molecular weight excluding hydrogens is 424 g/mol. The zero-order valence-electron chi connectivity index (χ0n) is 17.0. The third-order valence-electron chi connectivity index (χ3n) is 4.56. The van der Waals surface area contributed by atoms with Crippen molar-refractivity contribution in [3.05, 3.63) is 54.1 Å². The number of nitrogens with zero attached hydrogens (tertiary/aromatic N) is 1. The van der Waals surface area contributed by atoms with E-state index in [1.54, 1.807) is 12.1 Å². The zero-order valence-corrected chi connectivity index (χ0v) is 18.7. The van der Waals surface area contributed by atoms with Gasteiger partial charge >= 0.3 is 0 Å². The third-order valence-corrected chi connectivity index (χ3v) is 6.91. The summed E-state index contributed by atoms with van der Waals surface area (Å²) < 4.78 is 33.2. The molecular formula is C21H28N2O5S2. The summed E-state index contributed by atoms with van der Waals surface area (Å²) in [6.45, 7) is 2.76. The second-order valence-electron chi connectivity index (χ2n) is 6.74. The smallest absolute Gasteiger partial charge is 0.244 e. The quantitative estimate of drug-likeness (QED) is 0.199. The highest BCUT2D eigenvalue weighted by atomic mass is 32.2. The van der Waals surface area contributed by atoms with E-state index >= 15 is 0 Å². The lowest BCUT2D eigenvalue weighted by atomic mass is 10.1. The Morgan fingerprint density at radius 2 is 1.83 bits per heavy atom. The Bertz CT molecular complexity index is 917. The summed E-state index contributed by atoms with van der Waals surface area (Å²) >= 11 is 4.41. The molecule has 2 aromatic carbocycles. The van der Waals surface area contributed by atoms with Crippen molar-refractivity contribution in [2.75, 3.05) is 19.7 Å². The Morgan fingerprint density at radius 3 is 2.47 bits per heavy atom. The van der Waals surface area contributed by atoms with Crippen LogP contribution in [0.1, 0.15) is 31.7 Å². The monoisotopic (exact) mass is 452 g/mol. The topological polar surface area (TPSA) is 95.9 Å². The lowest BCUT2D eigenvalue weighted by Crippen LogP contribution is -2.36. The fourth-order valence-corrected chi connectivity index (χ4v) is 4.51. The maximum Gasteiger partial charge on any atom is 0.244 e. The number of hydrogen-bond donors (Lipinski definition) is 3. The van der Waals surface area contributed by atoms with Crippen LogP contribution in [0.2, 0.25) is 0 Å². The van der Waals surface area contributed by atoms with Crippen molar-refractivity contribution in [1.82, 2.24) is 9.79 Å². The molecule has 0 saturated carbocycles. The molecule has 2 rings (SSSR count). The van der Waals surface area contributed by atoms with Crippen LogP contribution in [0.15, 0.2) is 58.3 Å². The van der Waals surface area contributed by atoms with E-state index in [-0.39, 0.29) is 24.4 Å². The van der Waals surface area contributed by atoms with E-state index < -0.39 is 15.9 Å². The van der Waals surface area contributed by atoms with Gasteiger partial charge < -0.3 is 4.74 Å². The molecule has 0 unspecified atom stereocenters. The van der Waals surface area contributed by atoms with Crippen LogP contribution in [0.4, 0.5) is 0 Å². The molecule has 0 heterocycles. The molecule has 30 heavy (non-hydrogen) atoms. The van der Waals surface area contributed by atoms with Crippen molar-refractivity contribution < 1.29 is 23.2 Å². The van der Waals surface area contributed by atoms with Gasteiger partial charge in [-0.2, -0.15) is 4.31 Å². The lowest BCUT2D eigenvalue weighted by molar-refractivity contribution is -0.129. The number of unbranched alkanes of at least 4 members (excludes halogenated alkanes) is 1. The molecule has 0 aliphatic rings. The zero-order chi connectivity index (χ0) is 22.0. The van der Waals surface area contributed by atoms with Gasteiger partial charge in [-0.15, -0.1) is 12.6 Å². The van der Waals surface area contributed by atoms with E-state index in [1.165, 1.54) is 21.9 Å².